The van der Waals surface area contributed by atoms with Crippen molar-refractivity contribution < 1.29 is 4.79 Å². The van der Waals surface area contributed by atoms with E-state index in [2.05, 4.69) is 4.98 Å². The van der Waals surface area contributed by atoms with Gasteiger partial charge in [-0.3, -0.25) is 14.2 Å². The summed E-state index contributed by atoms with van der Waals surface area (Å²) in [6.07, 6.45) is 0. The third-order valence-corrected chi connectivity index (χ3v) is 6.12. The number of hydrogen-bond acceptors (Lipinski definition) is 3. The van der Waals surface area contributed by atoms with Gasteiger partial charge in [-0.15, -0.1) is 0 Å². The van der Waals surface area contributed by atoms with Gasteiger partial charge in [-0.1, -0.05) is 72.3 Å². The minimum atomic E-state index is -0.461. The average Bonchev–Trinajstić information content (AvgIpc) is 2.82. The summed E-state index contributed by atoms with van der Waals surface area (Å²) in [5.41, 5.74) is 2.17. The topological polar surface area (TPSA) is 55.2 Å². The molecule has 4 rings (SSSR count). The lowest BCUT2D eigenvalue weighted by Crippen LogP contribution is -2.37. The first-order valence-corrected chi connectivity index (χ1v) is 10.8. The number of amides is 1. The summed E-state index contributed by atoms with van der Waals surface area (Å²) in [6.45, 7) is 1.88. The van der Waals surface area contributed by atoms with Crippen LogP contribution < -0.4 is 5.56 Å². The van der Waals surface area contributed by atoms with Gasteiger partial charge >= 0.3 is 0 Å². The largest absolute Gasteiger partial charge is 0.335 e. The van der Waals surface area contributed by atoms with Crippen LogP contribution in [0.5, 0.6) is 0 Å². The summed E-state index contributed by atoms with van der Waals surface area (Å²) in [5, 5.41) is 1.00. The number of carbonyl (C=O) groups excluding carboxylic acids is 1. The molecular formula is C26H24ClN3O2. The molecule has 1 amide bonds. The van der Waals surface area contributed by atoms with Crippen molar-refractivity contribution in [3.8, 4) is 0 Å². The Morgan fingerprint density at radius 2 is 1.53 bits per heavy atom. The van der Waals surface area contributed by atoms with Crippen molar-refractivity contribution in [3.05, 3.63) is 111 Å². The van der Waals surface area contributed by atoms with Crippen molar-refractivity contribution in [1.29, 1.82) is 0 Å². The molecule has 32 heavy (non-hydrogen) atoms. The van der Waals surface area contributed by atoms with Crippen LogP contribution in [0.4, 0.5) is 0 Å². The van der Waals surface area contributed by atoms with Gasteiger partial charge in [0, 0.05) is 19.1 Å². The van der Waals surface area contributed by atoms with Crippen molar-refractivity contribution in [2.24, 2.45) is 7.05 Å². The number of likely N-dealkylation sites (N-methyl/N-ethyl adjacent to an activating group) is 1. The number of carbonyl (C=O) groups is 1. The SMILES string of the molecule is C[C@H](c1nc2cc(Cl)ccc2c(=O)n1C)N(C)C(=O)C(c1ccccc1)c1ccccc1. The van der Waals surface area contributed by atoms with Gasteiger partial charge in [0.1, 0.15) is 5.82 Å². The van der Waals surface area contributed by atoms with E-state index in [4.69, 9.17) is 11.6 Å². The molecule has 0 bridgehead atoms. The van der Waals surface area contributed by atoms with Gasteiger partial charge in [0.2, 0.25) is 5.91 Å². The zero-order valence-electron chi connectivity index (χ0n) is 18.2. The fourth-order valence-electron chi connectivity index (χ4n) is 3.97. The first kappa shape index (κ1) is 21.8. The Kier molecular flexibility index (Phi) is 6.10. The second-order valence-corrected chi connectivity index (χ2v) is 8.31. The normalized spacial score (nSPS) is 12.2. The lowest BCUT2D eigenvalue weighted by Gasteiger charge is -2.30. The Hall–Kier alpha value is -3.44. The van der Waals surface area contributed by atoms with Gasteiger partial charge in [-0.25, -0.2) is 4.98 Å². The van der Waals surface area contributed by atoms with E-state index in [0.29, 0.717) is 21.7 Å². The van der Waals surface area contributed by atoms with Crippen LogP contribution in [0.25, 0.3) is 10.9 Å². The molecule has 0 saturated heterocycles. The molecule has 1 aromatic heterocycles. The van der Waals surface area contributed by atoms with E-state index in [0.717, 1.165) is 11.1 Å². The highest BCUT2D eigenvalue weighted by Gasteiger charge is 2.30. The zero-order chi connectivity index (χ0) is 22.8. The predicted molar refractivity (Wildman–Crippen MR) is 128 cm³/mol. The molecule has 0 unspecified atom stereocenters. The summed E-state index contributed by atoms with van der Waals surface area (Å²) >= 11 is 6.12. The predicted octanol–water partition coefficient (Wildman–Crippen LogP) is 4.94. The standard InChI is InChI=1S/C26H24ClN3O2/c1-17(24-28-22-16-20(27)14-15-21(22)25(31)30(24)3)29(2)26(32)23(18-10-6-4-7-11-18)19-12-8-5-9-13-19/h4-17,23H,1-3H3/t17-/m1/s1. The Balaban J connectivity index is 1.76. The van der Waals surface area contributed by atoms with Gasteiger partial charge in [-0.05, 0) is 36.2 Å². The van der Waals surface area contributed by atoms with Crippen LogP contribution >= 0.6 is 11.6 Å². The Morgan fingerprint density at radius 1 is 0.969 bits per heavy atom. The molecule has 0 spiro atoms. The number of rotatable bonds is 5. The molecule has 4 aromatic rings. The Morgan fingerprint density at radius 3 is 2.09 bits per heavy atom. The first-order chi connectivity index (χ1) is 15.4. The van der Waals surface area contributed by atoms with Gasteiger partial charge in [0.15, 0.2) is 0 Å². The monoisotopic (exact) mass is 445 g/mol. The molecule has 0 saturated carbocycles. The molecule has 6 heteroatoms. The van der Waals surface area contributed by atoms with Crippen LogP contribution in [-0.4, -0.2) is 27.4 Å². The highest BCUT2D eigenvalue weighted by molar-refractivity contribution is 6.31. The van der Waals surface area contributed by atoms with Crippen LogP contribution in [0.15, 0.2) is 83.7 Å². The maximum absolute atomic E-state index is 13.8. The summed E-state index contributed by atoms with van der Waals surface area (Å²) < 4.78 is 1.50. The number of fused-ring (bicyclic) bond motifs is 1. The van der Waals surface area contributed by atoms with E-state index in [-0.39, 0.29) is 11.5 Å². The lowest BCUT2D eigenvalue weighted by molar-refractivity contribution is -0.132. The van der Waals surface area contributed by atoms with E-state index < -0.39 is 12.0 Å². The number of aromatic nitrogens is 2. The van der Waals surface area contributed by atoms with E-state index in [9.17, 15) is 9.59 Å². The highest BCUT2D eigenvalue weighted by Crippen LogP contribution is 2.30. The summed E-state index contributed by atoms with van der Waals surface area (Å²) in [5.74, 6) is -0.0346. The number of hydrogen-bond donors (Lipinski definition) is 0. The molecule has 162 valence electrons. The Labute approximate surface area is 191 Å². The lowest BCUT2D eigenvalue weighted by atomic mass is 9.89. The van der Waals surface area contributed by atoms with Crippen molar-refractivity contribution in [2.75, 3.05) is 7.05 Å². The van der Waals surface area contributed by atoms with Gasteiger partial charge in [0.05, 0.1) is 22.9 Å². The van der Waals surface area contributed by atoms with Crippen LogP contribution in [0.3, 0.4) is 0 Å². The molecule has 0 aliphatic heterocycles. The summed E-state index contributed by atoms with van der Waals surface area (Å²) in [6, 6.07) is 24.0. The molecule has 0 N–H and O–H groups in total. The molecule has 3 aromatic carbocycles. The van der Waals surface area contributed by atoms with Crippen LogP contribution in [0.2, 0.25) is 5.02 Å². The van der Waals surface area contributed by atoms with Gasteiger partial charge in [0.25, 0.3) is 5.56 Å². The molecule has 5 nitrogen and oxygen atoms in total. The number of nitrogens with zero attached hydrogens (tertiary/aromatic N) is 3. The van der Waals surface area contributed by atoms with E-state index >= 15 is 0 Å². The van der Waals surface area contributed by atoms with Crippen LogP contribution in [-0.2, 0) is 11.8 Å². The minimum absolute atomic E-state index is 0.0738. The second kappa shape index (κ2) is 8.97. The highest BCUT2D eigenvalue weighted by atomic mass is 35.5. The molecule has 1 atom stereocenters. The van der Waals surface area contributed by atoms with E-state index in [1.54, 1.807) is 37.2 Å². The van der Waals surface area contributed by atoms with Crippen molar-refractivity contribution in [3.63, 3.8) is 0 Å². The molecule has 0 aliphatic rings. The second-order valence-electron chi connectivity index (χ2n) is 7.88. The molecule has 0 aliphatic carbocycles. The van der Waals surface area contributed by atoms with Crippen LogP contribution in [0.1, 0.15) is 35.8 Å². The summed E-state index contributed by atoms with van der Waals surface area (Å²) in [4.78, 5) is 33.0. The number of benzene rings is 3. The molecule has 1 heterocycles. The average molecular weight is 446 g/mol. The fraction of sp³-hybridized carbons (Fsp3) is 0.192. The quantitative estimate of drug-likeness (QED) is 0.437. The smallest absolute Gasteiger partial charge is 0.261 e. The molecule has 0 fully saturated rings. The zero-order valence-corrected chi connectivity index (χ0v) is 19.0. The maximum atomic E-state index is 13.8. The number of halogens is 1. The Bertz CT molecular complexity index is 1280. The van der Waals surface area contributed by atoms with Crippen LogP contribution in [0, 0.1) is 0 Å². The third-order valence-electron chi connectivity index (χ3n) is 5.89. The van der Waals surface area contributed by atoms with Crippen molar-refractivity contribution >= 4 is 28.4 Å². The minimum Gasteiger partial charge on any atom is -0.335 e. The molecular weight excluding hydrogens is 422 g/mol. The molecule has 0 radical (unpaired) electrons. The van der Waals surface area contributed by atoms with Gasteiger partial charge < -0.3 is 4.90 Å². The first-order valence-electron chi connectivity index (χ1n) is 10.4. The van der Waals surface area contributed by atoms with Crippen molar-refractivity contribution in [1.82, 2.24) is 14.5 Å². The van der Waals surface area contributed by atoms with E-state index in [1.807, 2.05) is 67.6 Å². The van der Waals surface area contributed by atoms with Gasteiger partial charge in [-0.2, -0.15) is 0 Å². The van der Waals surface area contributed by atoms with Crippen molar-refractivity contribution in [2.45, 2.75) is 18.9 Å². The fourth-order valence-corrected chi connectivity index (χ4v) is 4.14. The van der Waals surface area contributed by atoms with E-state index in [1.165, 1.54) is 4.57 Å². The summed E-state index contributed by atoms with van der Waals surface area (Å²) in [7, 11) is 3.43. The third kappa shape index (κ3) is 4.04. The maximum Gasteiger partial charge on any atom is 0.261 e.